The third kappa shape index (κ3) is 3.28. The van der Waals surface area contributed by atoms with Crippen molar-refractivity contribution in [3.63, 3.8) is 0 Å². The molecule has 0 unspecified atom stereocenters. The van der Waals surface area contributed by atoms with E-state index < -0.39 is 5.60 Å². The quantitative estimate of drug-likeness (QED) is 0.618. The maximum Gasteiger partial charge on any atom is 0.257 e. The summed E-state index contributed by atoms with van der Waals surface area (Å²) in [6.45, 7) is 6.99. The molecule has 1 aromatic carbocycles. The van der Waals surface area contributed by atoms with Crippen molar-refractivity contribution in [2.75, 3.05) is 13.1 Å². The number of hydrogen-bond acceptors (Lipinski definition) is 5. The van der Waals surface area contributed by atoms with Gasteiger partial charge in [0.05, 0.1) is 29.4 Å². The molecule has 2 aromatic heterocycles. The van der Waals surface area contributed by atoms with Crippen LogP contribution in [0, 0.1) is 20.8 Å². The minimum absolute atomic E-state index is 0.0471. The summed E-state index contributed by atoms with van der Waals surface area (Å²) in [7, 11) is 0. The van der Waals surface area contributed by atoms with E-state index in [9.17, 15) is 9.59 Å². The molecule has 2 aliphatic rings. The maximum atomic E-state index is 13.2. The molecule has 2 aliphatic heterocycles. The van der Waals surface area contributed by atoms with Gasteiger partial charge in [0, 0.05) is 32.1 Å². The minimum atomic E-state index is -0.535. The highest BCUT2D eigenvalue weighted by Gasteiger charge is 2.44. The number of carbonyl (C=O) groups excluding carboxylic acids is 2. The van der Waals surface area contributed by atoms with Crippen LogP contribution in [0.4, 0.5) is 0 Å². The third-order valence-corrected chi connectivity index (χ3v) is 6.85. The number of nitrogens with zero attached hydrogens (tertiary/aromatic N) is 4. The van der Waals surface area contributed by atoms with Crippen molar-refractivity contribution in [2.45, 2.75) is 45.6 Å². The largest absolute Gasteiger partial charge is 0.486 e. The number of rotatable bonds is 2. The fourth-order valence-corrected chi connectivity index (χ4v) is 4.68. The van der Waals surface area contributed by atoms with E-state index in [1.165, 1.54) is 0 Å². The molecule has 4 heterocycles. The number of carbonyl (C=O) groups is 2. The van der Waals surface area contributed by atoms with Crippen LogP contribution in [-0.2, 0) is 0 Å². The van der Waals surface area contributed by atoms with Gasteiger partial charge in [0.1, 0.15) is 11.4 Å². The first kappa shape index (κ1) is 20.4. The van der Waals surface area contributed by atoms with Crippen molar-refractivity contribution in [3.05, 3.63) is 70.7 Å². The van der Waals surface area contributed by atoms with E-state index in [2.05, 4.69) is 10.1 Å². The number of piperidine rings is 1. The Morgan fingerprint density at radius 3 is 2.59 bits per heavy atom. The highest BCUT2D eigenvalue weighted by molar-refractivity contribution is 6.01. The van der Waals surface area contributed by atoms with Gasteiger partial charge < -0.3 is 9.64 Å². The van der Waals surface area contributed by atoms with Crippen molar-refractivity contribution in [3.8, 4) is 11.6 Å². The van der Waals surface area contributed by atoms with Gasteiger partial charge in [-0.2, -0.15) is 5.10 Å². The van der Waals surface area contributed by atoms with Gasteiger partial charge in [-0.15, -0.1) is 0 Å². The van der Waals surface area contributed by atoms with Crippen LogP contribution in [0.5, 0.6) is 5.75 Å². The van der Waals surface area contributed by atoms with Gasteiger partial charge in [-0.05, 0) is 50.1 Å². The summed E-state index contributed by atoms with van der Waals surface area (Å²) in [5, 5.41) is 4.38. The zero-order valence-electron chi connectivity index (χ0n) is 18.6. The molecule has 164 valence electrons. The van der Waals surface area contributed by atoms with Crippen LogP contribution in [0.3, 0.4) is 0 Å². The second kappa shape index (κ2) is 7.58. The van der Waals surface area contributed by atoms with Crippen LogP contribution >= 0.6 is 0 Å². The molecule has 0 saturated carbocycles. The molecule has 0 aliphatic carbocycles. The van der Waals surface area contributed by atoms with Gasteiger partial charge in [-0.1, -0.05) is 12.1 Å². The molecule has 3 aromatic rings. The summed E-state index contributed by atoms with van der Waals surface area (Å²) >= 11 is 0. The van der Waals surface area contributed by atoms with E-state index in [0.717, 1.165) is 16.8 Å². The van der Waals surface area contributed by atoms with Crippen LogP contribution in [0.25, 0.3) is 5.82 Å². The van der Waals surface area contributed by atoms with Crippen molar-refractivity contribution < 1.29 is 14.3 Å². The molecule has 1 amide bonds. The highest BCUT2D eigenvalue weighted by Crippen LogP contribution is 2.42. The number of likely N-dealkylation sites (tertiary alicyclic amines) is 1. The Morgan fingerprint density at radius 2 is 1.88 bits per heavy atom. The zero-order valence-corrected chi connectivity index (χ0v) is 18.6. The van der Waals surface area contributed by atoms with Crippen LogP contribution in [0.15, 0.2) is 42.7 Å². The number of ether oxygens (including phenoxy) is 1. The predicted octanol–water partition coefficient (Wildman–Crippen LogP) is 3.83. The van der Waals surface area contributed by atoms with Crippen molar-refractivity contribution >= 4 is 11.7 Å². The number of benzene rings is 1. The Balaban J connectivity index is 1.33. The van der Waals surface area contributed by atoms with Gasteiger partial charge in [0.25, 0.3) is 5.91 Å². The number of aryl methyl sites for hydroxylation is 1. The average Bonchev–Trinajstić information content (AvgIpc) is 3.18. The lowest BCUT2D eigenvalue weighted by molar-refractivity contribution is -0.00621. The number of hydrogen-bond donors (Lipinski definition) is 0. The van der Waals surface area contributed by atoms with E-state index in [0.29, 0.717) is 55.0 Å². The molecule has 1 saturated heterocycles. The lowest BCUT2D eigenvalue weighted by Gasteiger charge is -2.44. The van der Waals surface area contributed by atoms with E-state index in [-0.39, 0.29) is 11.7 Å². The first-order valence-electron chi connectivity index (χ1n) is 11.0. The number of pyridine rings is 1. The lowest BCUT2D eigenvalue weighted by atomic mass is 9.81. The first-order valence-corrected chi connectivity index (χ1v) is 11.0. The monoisotopic (exact) mass is 430 g/mol. The average molecular weight is 431 g/mol. The SMILES string of the molecule is Cc1ccc2c(c1C)OC1(CCN(C(=O)c3cnn(-c4ccccn4)c3C)CC1)CC2=O. The van der Waals surface area contributed by atoms with Crippen LogP contribution in [-0.4, -0.2) is 50.0 Å². The Bertz CT molecular complexity index is 1210. The number of ketones is 1. The molecule has 5 rings (SSSR count). The van der Waals surface area contributed by atoms with Gasteiger partial charge in [0.2, 0.25) is 0 Å². The molecule has 0 atom stereocenters. The summed E-state index contributed by atoms with van der Waals surface area (Å²) in [5.41, 5.74) is 3.61. The number of fused-ring (bicyclic) bond motifs is 1. The molecule has 1 spiro atoms. The van der Waals surface area contributed by atoms with E-state index in [1.54, 1.807) is 17.1 Å². The van der Waals surface area contributed by atoms with E-state index in [4.69, 9.17) is 4.74 Å². The van der Waals surface area contributed by atoms with Gasteiger partial charge in [0.15, 0.2) is 11.6 Å². The van der Waals surface area contributed by atoms with Crippen LogP contribution in [0.1, 0.15) is 56.8 Å². The second-order valence-corrected chi connectivity index (χ2v) is 8.80. The Labute approximate surface area is 187 Å². The summed E-state index contributed by atoms with van der Waals surface area (Å²) in [6.07, 6.45) is 4.94. The predicted molar refractivity (Wildman–Crippen MR) is 119 cm³/mol. The number of aromatic nitrogens is 3. The fraction of sp³-hybridized carbons (Fsp3) is 0.360. The summed E-state index contributed by atoms with van der Waals surface area (Å²) in [5.74, 6) is 1.48. The molecule has 0 bridgehead atoms. The van der Waals surface area contributed by atoms with Crippen molar-refractivity contribution in [1.29, 1.82) is 0 Å². The van der Waals surface area contributed by atoms with Gasteiger partial charge in [-0.3, -0.25) is 9.59 Å². The third-order valence-electron chi connectivity index (χ3n) is 6.85. The fourth-order valence-electron chi connectivity index (χ4n) is 4.68. The molecule has 0 radical (unpaired) electrons. The van der Waals surface area contributed by atoms with Crippen molar-refractivity contribution in [2.24, 2.45) is 0 Å². The van der Waals surface area contributed by atoms with Crippen molar-refractivity contribution in [1.82, 2.24) is 19.7 Å². The molecular weight excluding hydrogens is 404 g/mol. The lowest BCUT2D eigenvalue weighted by Crippen LogP contribution is -2.52. The minimum Gasteiger partial charge on any atom is -0.486 e. The Hall–Kier alpha value is -3.48. The first-order chi connectivity index (χ1) is 15.4. The Morgan fingerprint density at radius 1 is 1.09 bits per heavy atom. The van der Waals surface area contributed by atoms with E-state index >= 15 is 0 Å². The van der Waals surface area contributed by atoms with Gasteiger partial charge in [-0.25, -0.2) is 9.67 Å². The Kier molecular flexibility index (Phi) is 4.84. The molecule has 32 heavy (non-hydrogen) atoms. The molecular formula is C25H26N4O3. The van der Waals surface area contributed by atoms with Gasteiger partial charge >= 0.3 is 0 Å². The van der Waals surface area contributed by atoms with Crippen LogP contribution < -0.4 is 4.74 Å². The highest BCUT2D eigenvalue weighted by atomic mass is 16.5. The summed E-state index contributed by atoms with van der Waals surface area (Å²) < 4.78 is 8.16. The maximum absolute atomic E-state index is 13.2. The topological polar surface area (TPSA) is 77.3 Å². The second-order valence-electron chi connectivity index (χ2n) is 8.80. The van der Waals surface area contributed by atoms with E-state index in [1.807, 2.05) is 56.0 Å². The zero-order chi connectivity index (χ0) is 22.5. The number of Topliss-reactive ketones (excluding diaryl/α,β-unsaturated/α-hetero) is 1. The number of amides is 1. The standard InChI is InChI=1S/C25H26N4O3/c1-16-7-8-19-21(30)14-25(32-23(19)17(16)2)9-12-28(13-10-25)24(31)20-15-27-29(18(20)3)22-6-4-5-11-26-22/h4-8,11,15H,9-10,12-14H2,1-3H3. The molecule has 1 fully saturated rings. The smallest absolute Gasteiger partial charge is 0.257 e. The van der Waals surface area contributed by atoms with Crippen LogP contribution in [0.2, 0.25) is 0 Å². The molecule has 7 nitrogen and oxygen atoms in total. The normalized spacial score (nSPS) is 17.2. The summed E-state index contributed by atoms with van der Waals surface area (Å²) in [6, 6.07) is 9.44. The molecule has 0 N–H and O–H groups in total. The molecule has 7 heteroatoms. The summed E-state index contributed by atoms with van der Waals surface area (Å²) in [4.78, 5) is 32.3.